The summed E-state index contributed by atoms with van der Waals surface area (Å²) in [4.78, 5) is 33.4. The van der Waals surface area contributed by atoms with Crippen LogP contribution in [0.5, 0.6) is 0 Å². The third kappa shape index (κ3) is 2.56. The Balaban J connectivity index is 2.08. The Bertz CT molecular complexity index is 1160. The number of aromatic amines is 1. The molecule has 0 saturated carbocycles. The molecule has 3 heterocycles. The smallest absolute Gasteiger partial charge is 0.408 e. The van der Waals surface area contributed by atoms with Crippen molar-refractivity contribution in [1.82, 2.24) is 14.9 Å². The third-order valence-corrected chi connectivity index (χ3v) is 6.03. The van der Waals surface area contributed by atoms with Crippen LogP contribution in [0.3, 0.4) is 0 Å². The molecule has 2 aromatic heterocycles. The minimum Gasteiger partial charge on any atom is -0.465 e. The first-order valence-electron chi connectivity index (χ1n) is 8.86. The number of nitrogens with zero attached hydrogens (tertiary/aromatic N) is 2. The van der Waals surface area contributed by atoms with Gasteiger partial charge in [0.05, 0.1) is 12.6 Å². The molecule has 1 amide bonds. The number of aliphatic hydroxyl groups is 1. The van der Waals surface area contributed by atoms with Gasteiger partial charge in [-0.05, 0) is 23.6 Å². The zero-order chi connectivity index (χ0) is 20.4. The molecule has 2 atom stereocenters. The molecule has 1 saturated heterocycles. The molecule has 1 fully saturated rings. The maximum Gasteiger partial charge on any atom is 0.408 e. The second kappa shape index (κ2) is 6.05. The number of hydrogen-bond acceptors (Lipinski definition) is 5. The Kier molecular flexibility index (Phi) is 4.10. The van der Waals surface area contributed by atoms with E-state index in [-0.39, 0.29) is 24.4 Å². The van der Waals surface area contributed by atoms with Gasteiger partial charge in [-0.3, -0.25) is 9.69 Å². The van der Waals surface area contributed by atoms with E-state index in [0.29, 0.717) is 16.5 Å². The lowest BCUT2D eigenvalue weighted by Gasteiger charge is -2.45. The Morgan fingerprint density at radius 1 is 1.43 bits per heavy atom. The predicted octanol–water partition coefficient (Wildman–Crippen LogP) is 3.42. The van der Waals surface area contributed by atoms with E-state index < -0.39 is 28.7 Å². The summed E-state index contributed by atoms with van der Waals surface area (Å²) in [5.41, 5.74) is -1.36. The molecule has 0 radical (unpaired) electrons. The first-order valence-corrected chi connectivity index (χ1v) is 9.65. The van der Waals surface area contributed by atoms with E-state index in [4.69, 9.17) is 4.42 Å². The van der Waals surface area contributed by atoms with Crippen LogP contribution in [-0.2, 0) is 5.54 Å². The van der Waals surface area contributed by atoms with Gasteiger partial charge in [-0.25, -0.2) is 9.78 Å². The standard InChI is InChI=1S/C19H20BrN3O5/c1-18(2,3)19(7-10(24)8-23(19)17(26)27)16-21-13-11-6-9(20)4-5-12(11)28-14(13)15(25)22-16/h4-6,10,24H,7-8H2,1-3H3,(H,26,27)(H,21,22,25)/t10-,19-/m1/s1. The van der Waals surface area contributed by atoms with E-state index in [1.54, 1.807) is 18.2 Å². The van der Waals surface area contributed by atoms with Gasteiger partial charge in [-0.15, -0.1) is 0 Å². The zero-order valence-corrected chi connectivity index (χ0v) is 17.2. The van der Waals surface area contributed by atoms with E-state index in [0.717, 1.165) is 4.47 Å². The first kappa shape index (κ1) is 18.9. The van der Waals surface area contributed by atoms with Crippen molar-refractivity contribution in [3.63, 3.8) is 0 Å². The van der Waals surface area contributed by atoms with E-state index in [2.05, 4.69) is 25.9 Å². The molecule has 1 aliphatic heterocycles. The van der Waals surface area contributed by atoms with Crippen LogP contribution in [0.4, 0.5) is 4.79 Å². The summed E-state index contributed by atoms with van der Waals surface area (Å²) in [6.45, 7) is 5.56. The second-order valence-electron chi connectivity index (χ2n) is 8.20. The predicted molar refractivity (Wildman–Crippen MR) is 106 cm³/mol. The van der Waals surface area contributed by atoms with E-state index >= 15 is 0 Å². The van der Waals surface area contributed by atoms with Crippen molar-refractivity contribution in [2.75, 3.05) is 6.54 Å². The van der Waals surface area contributed by atoms with Crippen LogP contribution in [-0.4, -0.2) is 43.8 Å². The van der Waals surface area contributed by atoms with Crippen molar-refractivity contribution in [1.29, 1.82) is 0 Å². The van der Waals surface area contributed by atoms with Crippen LogP contribution in [0.2, 0.25) is 0 Å². The lowest BCUT2D eigenvalue weighted by molar-refractivity contribution is 0.0205. The molecule has 0 unspecified atom stereocenters. The van der Waals surface area contributed by atoms with Gasteiger partial charge >= 0.3 is 6.09 Å². The average molecular weight is 450 g/mol. The van der Waals surface area contributed by atoms with Gasteiger partial charge in [-0.1, -0.05) is 36.7 Å². The maximum atomic E-state index is 12.8. The molecule has 0 aliphatic carbocycles. The number of rotatable bonds is 1. The summed E-state index contributed by atoms with van der Waals surface area (Å²) in [7, 11) is 0. The van der Waals surface area contributed by atoms with Crippen LogP contribution >= 0.6 is 15.9 Å². The van der Waals surface area contributed by atoms with Gasteiger partial charge in [0.25, 0.3) is 5.56 Å². The Hall–Kier alpha value is -2.39. The summed E-state index contributed by atoms with van der Waals surface area (Å²) < 4.78 is 6.47. The highest BCUT2D eigenvalue weighted by Crippen LogP contribution is 2.50. The fourth-order valence-corrected chi connectivity index (χ4v) is 4.60. The van der Waals surface area contributed by atoms with Crippen molar-refractivity contribution in [3.05, 3.63) is 38.9 Å². The van der Waals surface area contributed by atoms with Gasteiger partial charge in [0.15, 0.2) is 0 Å². The minimum absolute atomic E-state index is 0.0496. The maximum absolute atomic E-state index is 12.8. The largest absolute Gasteiger partial charge is 0.465 e. The fraction of sp³-hybridized carbons (Fsp3) is 0.421. The fourth-order valence-electron chi connectivity index (χ4n) is 4.24. The van der Waals surface area contributed by atoms with Gasteiger partial charge in [-0.2, -0.15) is 0 Å². The molecular formula is C19H20BrN3O5. The molecule has 3 N–H and O–H groups in total. The minimum atomic E-state index is -1.19. The molecule has 4 rings (SSSR count). The van der Waals surface area contributed by atoms with Crippen molar-refractivity contribution in [3.8, 4) is 0 Å². The lowest BCUT2D eigenvalue weighted by atomic mass is 9.70. The molecule has 28 heavy (non-hydrogen) atoms. The molecule has 9 heteroatoms. The number of benzene rings is 1. The number of aromatic nitrogens is 2. The van der Waals surface area contributed by atoms with Crippen LogP contribution in [0, 0.1) is 5.41 Å². The number of aliphatic hydroxyl groups excluding tert-OH is 1. The van der Waals surface area contributed by atoms with E-state index in [1.807, 2.05) is 20.8 Å². The highest BCUT2D eigenvalue weighted by molar-refractivity contribution is 9.10. The summed E-state index contributed by atoms with van der Waals surface area (Å²) in [6, 6.07) is 5.35. The number of H-pyrrole nitrogens is 1. The molecule has 1 aromatic carbocycles. The number of furan rings is 1. The summed E-state index contributed by atoms with van der Waals surface area (Å²) in [6.07, 6.45) is -1.89. The number of likely N-dealkylation sites (tertiary alicyclic amines) is 1. The number of amides is 1. The molecule has 8 nitrogen and oxygen atoms in total. The van der Waals surface area contributed by atoms with E-state index in [1.165, 1.54) is 4.90 Å². The van der Waals surface area contributed by atoms with Gasteiger partial charge < -0.3 is 19.6 Å². The topological polar surface area (TPSA) is 120 Å². The lowest BCUT2D eigenvalue weighted by Crippen LogP contribution is -2.54. The number of β-amino-alcohol motifs (C(OH)–C–C–N with tert-alkyl or cyclic N) is 1. The third-order valence-electron chi connectivity index (χ3n) is 5.53. The van der Waals surface area contributed by atoms with Crippen LogP contribution in [0.15, 0.2) is 31.9 Å². The number of nitrogens with one attached hydrogen (secondary N) is 1. The van der Waals surface area contributed by atoms with E-state index in [9.17, 15) is 19.8 Å². The van der Waals surface area contributed by atoms with Crippen molar-refractivity contribution < 1.29 is 19.4 Å². The molecule has 3 aromatic rings. The van der Waals surface area contributed by atoms with Gasteiger partial charge in [0, 0.05) is 16.3 Å². The van der Waals surface area contributed by atoms with Gasteiger partial charge in [0.1, 0.15) is 22.5 Å². The molecule has 1 aliphatic rings. The number of carboxylic acid groups (broad SMARTS) is 1. The molecule has 0 bridgehead atoms. The Morgan fingerprint density at radius 2 is 2.14 bits per heavy atom. The van der Waals surface area contributed by atoms with Gasteiger partial charge in [0.2, 0.25) is 5.58 Å². The highest BCUT2D eigenvalue weighted by atomic mass is 79.9. The Morgan fingerprint density at radius 3 is 2.79 bits per heavy atom. The summed E-state index contributed by atoms with van der Waals surface area (Å²) in [5, 5.41) is 20.8. The first-order chi connectivity index (χ1) is 13.0. The summed E-state index contributed by atoms with van der Waals surface area (Å²) >= 11 is 3.41. The molecule has 148 valence electrons. The number of halogens is 1. The number of fused-ring (bicyclic) bond motifs is 3. The van der Waals surface area contributed by atoms with Crippen molar-refractivity contribution in [2.24, 2.45) is 5.41 Å². The number of hydrogen-bond donors (Lipinski definition) is 3. The van der Waals surface area contributed by atoms with Crippen molar-refractivity contribution >= 4 is 44.1 Å². The van der Waals surface area contributed by atoms with Crippen LogP contribution < -0.4 is 5.56 Å². The highest BCUT2D eigenvalue weighted by Gasteiger charge is 2.58. The molecule has 0 spiro atoms. The quantitative estimate of drug-likeness (QED) is 0.523. The summed E-state index contributed by atoms with van der Waals surface area (Å²) in [5.74, 6) is 0.208. The number of carbonyl (C=O) groups is 1. The van der Waals surface area contributed by atoms with Crippen LogP contribution in [0.25, 0.3) is 22.1 Å². The average Bonchev–Trinajstić information content (AvgIpc) is 3.13. The van der Waals surface area contributed by atoms with Crippen LogP contribution in [0.1, 0.15) is 33.0 Å². The SMILES string of the molecule is CC(C)(C)[C@]1(c2nc3c(oc4ccc(Br)cc43)c(=O)[nH]2)C[C@@H](O)CN1C(=O)O. The monoisotopic (exact) mass is 449 g/mol. The Labute approximate surface area is 168 Å². The molecular weight excluding hydrogens is 430 g/mol. The van der Waals surface area contributed by atoms with Crippen molar-refractivity contribution in [2.45, 2.75) is 38.8 Å². The second-order valence-corrected chi connectivity index (χ2v) is 9.11. The normalized spacial score (nSPS) is 23.0. The zero-order valence-electron chi connectivity index (χ0n) is 15.6.